The Hall–Kier alpha value is -2.31. The number of piperidine rings is 1. The zero-order chi connectivity index (χ0) is 23.4. The molecule has 0 atom stereocenters. The van der Waals surface area contributed by atoms with Crippen LogP contribution in [0.3, 0.4) is 0 Å². The number of thiocarbonyl (C=S) groups is 1. The molecule has 3 rings (SSSR count). The van der Waals surface area contributed by atoms with Gasteiger partial charge in [-0.25, -0.2) is 0 Å². The maximum absolute atomic E-state index is 5.95. The quantitative estimate of drug-likeness (QED) is 0.580. The molecule has 2 N–H and O–H groups in total. The predicted octanol–water partition coefficient (Wildman–Crippen LogP) is 4.89. The Balaban J connectivity index is 1.77. The first-order valence-corrected chi connectivity index (χ1v) is 11.6. The molecule has 0 spiro atoms. The molecule has 1 saturated heterocycles. The van der Waals surface area contributed by atoms with Gasteiger partial charge >= 0.3 is 0 Å². The van der Waals surface area contributed by atoms with Crippen LogP contribution in [-0.2, 0) is 13.1 Å². The third kappa shape index (κ3) is 6.84. The molecule has 0 bridgehead atoms. The number of benzene rings is 2. The van der Waals surface area contributed by atoms with Crippen molar-refractivity contribution in [3.05, 3.63) is 59.7 Å². The summed E-state index contributed by atoms with van der Waals surface area (Å²) >= 11 is 5.95. The van der Waals surface area contributed by atoms with Crippen LogP contribution in [0.25, 0.3) is 0 Å². The summed E-state index contributed by atoms with van der Waals surface area (Å²) in [5, 5.41) is 8.22. The molecule has 6 heteroatoms. The van der Waals surface area contributed by atoms with E-state index in [-0.39, 0.29) is 11.1 Å². The molecule has 1 heterocycles. The Morgan fingerprint density at radius 3 is 1.66 bits per heavy atom. The van der Waals surface area contributed by atoms with E-state index in [1.54, 1.807) is 14.2 Å². The van der Waals surface area contributed by atoms with Gasteiger partial charge in [-0.05, 0) is 88.1 Å². The Bertz CT molecular complexity index is 829. The highest BCUT2D eigenvalue weighted by Crippen LogP contribution is 2.29. The van der Waals surface area contributed by atoms with Gasteiger partial charge in [-0.15, -0.1) is 0 Å². The lowest BCUT2D eigenvalue weighted by Gasteiger charge is -2.47. The van der Waals surface area contributed by atoms with E-state index < -0.39 is 0 Å². The van der Waals surface area contributed by atoms with Crippen molar-refractivity contribution in [3.63, 3.8) is 0 Å². The summed E-state index contributed by atoms with van der Waals surface area (Å²) in [6, 6.07) is 16.7. The summed E-state index contributed by atoms with van der Waals surface area (Å²) in [4.78, 5) is 2.24. The van der Waals surface area contributed by atoms with Gasteiger partial charge in [-0.1, -0.05) is 24.3 Å². The third-order valence-electron chi connectivity index (χ3n) is 5.87. The summed E-state index contributed by atoms with van der Waals surface area (Å²) in [5.41, 5.74) is 2.50. The molecule has 0 saturated carbocycles. The normalized spacial score (nSPS) is 17.4. The van der Waals surface area contributed by atoms with Crippen LogP contribution in [0.15, 0.2) is 48.5 Å². The van der Waals surface area contributed by atoms with Gasteiger partial charge < -0.3 is 25.0 Å². The van der Waals surface area contributed by atoms with Gasteiger partial charge in [0.05, 0.1) is 14.2 Å². The molecule has 0 radical (unpaired) electrons. The Labute approximate surface area is 198 Å². The highest BCUT2D eigenvalue weighted by Gasteiger charge is 2.38. The minimum absolute atomic E-state index is 0.0613. The van der Waals surface area contributed by atoms with Crippen LogP contribution in [0.5, 0.6) is 11.5 Å². The number of hydrogen-bond donors (Lipinski definition) is 2. The smallest absolute Gasteiger partial charge is 0.169 e. The van der Waals surface area contributed by atoms with Crippen molar-refractivity contribution in [1.29, 1.82) is 0 Å². The van der Waals surface area contributed by atoms with Crippen molar-refractivity contribution >= 4 is 17.3 Å². The topological polar surface area (TPSA) is 45.8 Å². The lowest BCUT2D eigenvalue weighted by molar-refractivity contribution is 0.153. The summed E-state index contributed by atoms with van der Waals surface area (Å²) in [6.07, 6.45) is 2.05. The molecule has 0 amide bonds. The van der Waals surface area contributed by atoms with Crippen molar-refractivity contribution in [1.82, 2.24) is 15.5 Å². The average Bonchev–Trinajstić information content (AvgIpc) is 2.72. The largest absolute Gasteiger partial charge is 0.497 e. The van der Waals surface area contributed by atoms with Crippen LogP contribution >= 0.6 is 12.2 Å². The Kier molecular flexibility index (Phi) is 7.67. The molecule has 2 aromatic rings. The van der Waals surface area contributed by atoms with E-state index in [0.717, 1.165) is 42.5 Å². The average molecular weight is 456 g/mol. The molecule has 0 aliphatic carbocycles. The first-order chi connectivity index (χ1) is 15.1. The fourth-order valence-electron chi connectivity index (χ4n) is 4.79. The van der Waals surface area contributed by atoms with E-state index in [1.807, 2.05) is 24.3 Å². The van der Waals surface area contributed by atoms with Crippen LogP contribution in [-0.4, -0.2) is 41.4 Å². The first-order valence-electron chi connectivity index (χ1n) is 11.2. The molecule has 1 aliphatic heterocycles. The summed E-state index contributed by atoms with van der Waals surface area (Å²) in [6.45, 7) is 10.5. The van der Waals surface area contributed by atoms with E-state index in [1.165, 1.54) is 11.1 Å². The van der Waals surface area contributed by atoms with Gasteiger partial charge in [0.1, 0.15) is 11.5 Å². The highest BCUT2D eigenvalue weighted by atomic mass is 32.1. The number of nitrogens with zero attached hydrogens (tertiary/aromatic N) is 1. The molecule has 0 aromatic heterocycles. The lowest BCUT2D eigenvalue weighted by atomic mass is 9.80. The molecule has 174 valence electrons. The van der Waals surface area contributed by atoms with Crippen LogP contribution in [0.4, 0.5) is 0 Å². The van der Waals surface area contributed by atoms with Gasteiger partial charge in [-0.2, -0.15) is 0 Å². The fraction of sp³-hybridized carbons (Fsp3) is 0.500. The van der Waals surface area contributed by atoms with Crippen LogP contribution < -0.4 is 20.1 Å². The molecule has 5 nitrogen and oxygen atoms in total. The van der Waals surface area contributed by atoms with E-state index in [0.29, 0.717) is 6.04 Å². The number of methoxy groups -OCH3 is 2. The van der Waals surface area contributed by atoms with Crippen LogP contribution in [0, 0.1) is 0 Å². The molecule has 2 aromatic carbocycles. The van der Waals surface area contributed by atoms with E-state index >= 15 is 0 Å². The van der Waals surface area contributed by atoms with E-state index in [4.69, 9.17) is 21.7 Å². The van der Waals surface area contributed by atoms with E-state index in [9.17, 15) is 0 Å². The van der Waals surface area contributed by atoms with E-state index in [2.05, 4.69) is 67.5 Å². The van der Waals surface area contributed by atoms with Gasteiger partial charge in [-0.3, -0.25) is 0 Å². The number of ether oxygens (including phenoxy) is 2. The lowest BCUT2D eigenvalue weighted by Crippen LogP contribution is -2.62. The zero-order valence-electron chi connectivity index (χ0n) is 20.2. The molecule has 32 heavy (non-hydrogen) atoms. The molecule has 0 unspecified atom stereocenters. The first kappa shape index (κ1) is 24.3. The molecule has 1 aliphatic rings. The Morgan fingerprint density at radius 2 is 1.28 bits per heavy atom. The maximum Gasteiger partial charge on any atom is 0.169 e. The summed E-state index contributed by atoms with van der Waals surface area (Å²) < 4.78 is 10.6. The van der Waals surface area contributed by atoms with Crippen LogP contribution in [0.2, 0.25) is 0 Å². The second kappa shape index (κ2) is 10.1. The van der Waals surface area contributed by atoms with Gasteiger partial charge in [0.2, 0.25) is 0 Å². The van der Waals surface area contributed by atoms with Crippen LogP contribution in [0.1, 0.15) is 51.7 Å². The fourth-order valence-corrected chi connectivity index (χ4v) is 5.09. The number of nitrogens with one attached hydrogen (secondary N) is 2. The second-order valence-corrected chi connectivity index (χ2v) is 10.4. The van der Waals surface area contributed by atoms with Crippen molar-refractivity contribution < 1.29 is 9.47 Å². The van der Waals surface area contributed by atoms with Crippen molar-refractivity contribution in [3.8, 4) is 11.5 Å². The number of rotatable bonds is 7. The second-order valence-electron chi connectivity index (χ2n) is 10.00. The Morgan fingerprint density at radius 1 is 0.875 bits per heavy atom. The van der Waals surface area contributed by atoms with Gasteiger partial charge in [0, 0.05) is 30.2 Å². The van der Waals surface area contributed by atoms with Gasteiger partial charge in [0.25, 0.3) is 0 Å². The SMILES string of the molecule is COc1ccc(CN(Cc2ccc(OC)cc2)C(=S)NC2CC(C)(C)NC(C)(C)C2)cc1. The van der Waals surface area contributed by atoms with Gasteiger partial charge in [0.15, 0.2) is 5.11 Å². The zero-order valence-corrected chi connectivity index (χ0v) is 21.0. The minimum Gasteiger partial charge on any atom is -0.497 e. The van der Waals surface area contributed by atoms with Crippen molar-refractivity contribution in [2.45, 2.75) is 70.7 Å². The minimum atomic E-state index is 0.0613. The molecule has 1 fully saturated rings. The third-order valence-corrected chi connectivity index (χ3v) is 6.25. The summed E-state index contributed by atoms with van der Waals surface area (Å²) in [5.74, 6) is 1.71. The summed E-state index contributed by atoms with van der Waals surface area (Å²) in [7, 11) is 3.37. The van der Waals surface area contributed by atoms with Crippen molar-refractivity contribution in [2.75, 3.05) is 14.2 Å². The predicted molar refractivity (Wildman–Crippen MR) is 135 cm³/mol. The molecular weight excluding hydrogens is 418 g/mol. The number of hydrogen-bond acceptors (Lipinski definition) is 4. The molecular formula is C26H37N3O2S. The van der Waals surface area contributed by atoms with Crippen molar-refractivity contribution in [2.24, 2.45) is 0 Å². The maximum atomic E-state index is 5.95. The highest BCUT2D eigenvalue weighted by molar-refractivity contribution is 7.80. The monoisotopic (exact) mass is 455 g/mol. The standard InChI is InChI=1S/C26H37N3O2S/c1-25(2)15-21(16-26(3,4)28-25)27-24(32)29(17-19-7-11-22(30-5)12-8-19)18-20-9-13-23(31-6)14-10-20/h7-14,21,28H,15-18H2,1-6H3,(H,27,32).